The maximum atomic E-state index is 12.2. The van der Waals surface area contributed by atoms with Gasteiger partial charge in [0.15, 0.2) is 0 Å². The molecule has 1 fully saturated rings. The minimum absolute atomic E-state index is 0.0686. The second kappa shape index (κ2) is 6.17. The van der Waals surface area contributed by atoms with Gasteiger partial charge in [0.2, 0.25) is 10.0 Å². The topological polar surface area (TPSA) is 70.0 Å². The van der Waals surface area contributed by atoms with Crippen molar-refractivity contribution in [1.82, 2.24) is 4.72 Å². The zero-order valence-corrected chi connectivity index (χ0v) is 13.4. The molecule has 1 aliphatic rings. The van der Waals surface area contributed by atoms with E-state index >= 15 is 0 Å². The SMILES string of the molecule is CC[C@@H](Cc1ccc(C)cc1)NS(=O)(=O)CC1(C#N)CC1. The Labute approximate surface area is 127 Å². The van der Waals surface area contributed by atoms with E-state index in [1.54, 1.807) is 0 Å². The lowest BCUT2D eigenvalue weighted by molar-refractivity contribution is 0.529. The molecule has 0 saturated heterocycles. The lowest BCUT2D eigenvalue weighted by Crippen LogP contribution is -2.39. The summed E-state index contributed by atoms with van der Waals surface area (Å²) >= 11 is 0. The van der Waals surface area contributed by atoms with Crippen LogP contribution in [0.2, 0.25) is 0 Å². The van der Waals surface area contributed by atoms with Gasteiger partial charge in [0.05, 0.1) is 17.2 Å². The van der Waals surface area contributed by atoms with Crippen molar-refractivity contribution in [2.75, 3.05) is 5.75 Å². The highest BCUT2D eigenvalue weighted by atomic mass is 32.2. The molecule has 1 aromatic carbocycles. The average Bonchev–Trinajstić information content (AvgIpc) is 3.19. The largest absolute Gasteiger partial charge is 0.213 e. The first-order valence-electron chi connectivity index (χ1n) is 7.35. The van der Waals surface area contributed by atoms with Crippen molar-refractivity contribution in [1.29, 1.82) is 5.26 Å². The van der Waals surface area contributed by atoms with Gasteiger partial charge in [-0.15, -0.1) is 0 Å². The summed E-state index contributed by atoms with van der Waals surface area (Å²) in [5.74, 6) is -0.0686. The van der Waals surface area contributed by atoms with Gasteiger partial charge in [-0.3, -0.25) is 0 Å². The van der Waals surface area contributed by atoms with Crippen molar-refractivity contribution in [3.63, 3.8) is 0 Å². The molecule has 1 saturated carbocycles. The minimum atomic E-state index is -3.40. The molecule has 5 heteroatoms. The summed E-state index contributed by atoms with van der Waals surface area (Å²) in [5.41, 5.74) is 1.68. The van der Waals surface area contributed by atoms with Crippen molar-refractivity contribution in [3.8, 4) is 6.07 Å². The predicted octanol–water partition coefficient (Wildman–Crippen LogP) is 2.54. The number of aryl methyl sites for hydroxylation is 1. The van der Waals surface area contributed by atoms with E-state index in [1.165, 1.54) is 5.56 Å². The molecule has 1 atom stereocenters. The molecule has 0 aliphatic heterocycles. The van der Waals surface area contributed by atoms with Crippen LogP contribution < -0.4 is 4.72 Å². The second-order valence-corrected chi connectivity index (χ2v) is 7.82. The Bertz CT molecular complexity index is 625. The third kappa shape index (κ3) is 4.55. The van der Waals surface area contributed by atoms with E-state index in [0.717, 1.165) is 12.0 Å². The van der Waals surface area contributed by atoms with Gasteiger partial charge in [-0.05, 0) is 38.2 Å². The van der Waals surface area contributed by atoms with E-state index in [9.17, 15) is 8.42 Å². The number of sulfonamides is 1. The molecule has 0 spiro atoms. The molecule has 0 heterocycles. The van der Waals surface area contributed by atoms with Crippen molar-refractivity contribution >= 4 is 10.0 Å². The first-order chi connectivity index (χ1) is 9.88. The molecule has 0 amide bonds. The third-order valence-electron chi connectivity index (χ3n) is 4.00. The van der Waals surface area contributed by atoms with Gasteiger partial charge in [0.1, 0.15) is 0 Å². The van der Waals surface area contributed by atoms with Crippen LogP contribution in [0.3, 0.4) is 0 Å². The lowest BCUT2D eigenvalue weighted by atomic mass is 10.0. The molecule has 4 nitrogen and oxygen atoms in total. The van der Waals surface area contributed by atoms with Crippen molar-refractivity contribution in [3.05, 3.63) is 35.4 Å². The van der Waals surface area contributed by atoms with Crippen molar-refractivity contribution < 1.29 is 8.42 Å². The molecule has 0 bridgehead atoms. The lowest BCUT2D eigenvalue weighted by Gasteiger charge is -2.18. The fourth-order valence-corrected chi connectivity index (χ4v) is 4.30. The number of nitriles is 1. The van der Waals surface area contributed by atoms with Crippen LogP contribution >= 0.6 is 0 Å². The second-order valence-electron chi connectivity index (χ2n) is 6.06. The molecule has 0 radical (unpaired) electrons. The Balaban J connectivity index is 1.98. The van der Waals surface area contributed by atoms with E-state index in [2.05, 4.69) is 10.8 Å². The first-order valence-corrected chi connectivity index (χ1v) is 9.00. The van der Waals surface area contributed by atoms with E-state index in [-0.39, 0.29) is 11.8 Å². The molecule has 0 aromatic heterocycles. The van der Waals surface area contributed by atoms with Crippen LogP contribution in [0.25, 0.3) is 0 Å². The number of hydrogen-bond acceptors (Lipinski definition) is 3. The number of benzene rings is 1. The van der Waals surface area contributed by atoms with E-state index < -0.39 is 15.4 Å². The van der Waals surface area contributed by atoms with Crippen LogP contribution in [0.4, 0.5) is 0 Å². The smallest absolute Gasteiger partial charge is 0.212 e. The van der Waals surface area contributed by atoms with Gasteiger partial charge in [-0.2, -0.15) is 5.26 Å². The van der Waals surface area contributed by atoms with Gasteiger partial charge in [0.25, 0.3) is 0 Å². The van der Waals surface area contributed by atoms with Gasteiger partial charge >= 0.3 is 0 Å². The quantitative estimate of drug-likeness (QED) is 0.841. The highest BCUT2D eigenvalue weighted by Crippen LogP contribution is 2.45. The number of nitrogens with one attached hydrogen (secondary N) is 1. The van der Waals surface area contributed by atoms with E-state index in [4.69, 9.17) is 5.26 Å². The van der Waals surface area contributed by atoms with Gasteiger partial charge in [0, 0.05) is 6.04 Å². The molecule has 1 aromatic rings. The summed E-state index contributed by atoms with van der Waals surface area (Å²) in [7, 11) is -3.40. The number of rotatable bonds is 7. The minimum Gasteiger partial charge on any atom is -0.212 e. The van der Waals surface area contributed by atoms with Crippen LogP contribution in [-0.4, -0.2) is 20.2 Å². The average molecular weight is 306 g/mol. The highest BCUT2D eigenvalue weighted by molar-refractivity contribution is 7.89. The highest BCUT2D eigenvalue weighted by Gasteiger charge is 2.47. The van der Waals surface area contributed by atoms with Gasteiger partial charge in [-0.25, -0.2) is 13.1 Å². The van der Waals surface area contributed by atoms with Crippen LogP contribution in [0.5, 0.6) is 0 Å². The maximum Gasteiger partial charge on any atom is 0.213 e. The first kappa shape index (κ1) is 16.0. The van der Waals surface area contributed by atoms with Gasteiger partial charge in [-0.1, -0.05) is 36.8 Å². The summed E-state index contributed by atoms with van der Waals surface area (Å²) in [6.45, 7) is 4.00. The molecular weight excluding hydrogens is 284 g/mol. The van der Waals surface area contributed by atoms with Crippen LogP contribution in [0, 0.1) is 23.7 Å². The fraction of sp³-hybridized carbons (Fsp3) is 0.562. The molecule has 2 rings (SSSR count). The molecule has 21 heavy (non-hydrogen) atoms. The summed E-state index contributed by atoms with van der Waals surface area (Å²) in [6, 6.07) is 10.1. The van der Waals surface area contributed by atoms with Crippen molar-refractivity contribution in [2.24, 2.45) is 5.41 Å². The molecule has 1 aliphatic carbocycles. The Morgan fingerprint density at radius 3 is 2.43 bits per heavy atom. The van der Waals surface area contributed by atoms with Crippen LogP contribution in [0.15, 0.2) is 24.3 Å². The predicted molar refractivity (Wildman–Crippen MR) is 83.2 cm³/mol. The van der Waals surface area contributed by atoms with E-state index in [1.807, 2.05) is 38.1 Å². The van der Waals surface area contributed by atoms with Gasteiger partial charge < -0.3 is 0 Å². The Hall–Kier alpha value is -1.38. The standard InChI is InChI=1S/C16H22N2O2S/c1-3-15(10-14-6-4-13(2)5-7-14)18-21(19,20)12-16(11-17)8-9-16/h4-7,15,18H,3,8-10,12H2,1-2H3/t15-/m0/s1. The summed E-state index contributed by atoms with van der Waals surface area (Å²) in [6.07, 6.45) is 2.79. The number of nitrogens with zero attached hydrogens (tertiary/aromatic N) is 1. The molecule has 1 N–H and O–H groups in total. The summed E-state index contributed by atoms with van der Waals surface area (Å²) < 4.78 is 27.2. The molecule has 114 valence electrons. The normalized spacial score (nSPS) is 18.0. The van der Waals surface area contributed by atoms with Crippen molar-refractivity contribution in [2.45, 2.75) is 45.6 Å². The zero-order chi connectivity index (χ0) is 15.5. The number of hydrogen-bond donors (Lipinski definition) is 1. The molecule has 0 unspecified atom stereocenters. The Kier molecular flexibility index (Phi) is 4.70. The van der Waals surface area contributed by atoms with E-state index in [0.29, 0.717) is 19.3 Å². The third-order valence-corrected chi connectivity index (χ3v) is 5.62. The summed E-state index contributed by atoms with van der Waals surface area (Å²) in [5, 5.41) is 9.03. The fourth-order valence-electron chi connectivity index (χ4n) is 2.38. The van der Waals surface area contributed by atoms with Crippen LogP contribution in [0.1, 0.15) is 37.3 Å². The maximum absolute atomic E-state index is 12.2. The zero-order valence-electron chi connectivity index (χ0n) is 12.6. The Morgan fingerprint density at radius 1 is 1.33 bits per heavy atom. The monoisotopic (exact) mass is 306 g/mol. The Morgan fingerprint density at radius 2 is 1.95 bits per heavy atom. The summed E-state index contributed by atoms with van der Waals surface area (Å²) in [4.78, 5) is 0. The van der Waals surface area contributed by atoms with Crippen LogP contribution in [-0.2, 0) is 16.4 Å². The molecular formula is C16H22N2O2S.